The zero-order valence-corrected chi connectivity index (χ0v) is 11.7. The molecule has 1 atom stereocenters. The Morgan fingerprint density at radius 1 is 1.14 bits per heavy atom. The summed E-state index contributed by atoms with van der Waals surface area (Å²) in [5, 5.41) is 0. The molecule has 0 amide bonds. The summed E-state index contributed by atoms with van der Waals surface area (Å²) in [7, 11) is 1.57. The maximum atomic E-state index is 12.5. The van der Waals surface area contributed by atoms with Gasteiger partial charge in [0.2, 0.25) is 0 Å². The van der Waals surface area contributed by atoms with Crippen LogP contribution < -0.4 is 9.47 Å². The zero-order chi connectivity index (χ0) is 14.7. The van der Waals surface area contributed by atoms with Crippen molar-refractivity contribution in [2.75, 3.05) is 20.5 Å². The van der Waals surface area contributed by atoms with Crippen molar-refractivity contribution in [1.82, 2.24) is 0 Å². The van der Waals surface area contributed by atoms with E-state index in [2.05, 4.69) is 0 Å². The van der Waals surface area contributed by atoms with Crippen LogP contribution in [0, 0.1) is 0 Å². The van der Waals surface area contributed by atoms with E-state index in [9.17, 15) is 4.79 Å². The lowest BCUT2D eigenvalue weighted by Gasteiger charge is -2.24. The molecule has 0 fully saturated rings. The summed E-state index contributed by atoms with van der Waals surface area (Å²) in [4.78, 5) is 12.5. The van der Waals surface area contributed by atoms with E-state index in [4.69, 9.17) is 14.2 Å². The Bertz CT molecular complexity index is 633. The fraction of sp³-hybridized carbons (Fsp3) is 0.235. The second-order valence-corrected chi connectivity index (χ2v) is 4.84. The van der Waals surface area contributed by atoms with Crippen LogP contribution in [-0.4, -0.2) is 26.3 Å². The highest BCUT2D eigenvalue weighted by atomic mass is 16.7. The van der Waals surface area contributed by atoms with Gasteiger partial charge in [-0.3, -0.25) is 4.79 Å². The molecule has 0 aromatic heterocycles. The smallest absolute Gasteiger partial charge is 0.188 e. The maximum Gasteiger partial charge on any atom is 0.188 e. The first-order valence-electron chi connectivity index (χ1n) is 6.77. The summed E-state index contributed by atoms with van der Waals surface area (Å²) in [6, 6.07) is 14.8. The molecule has 2 aromatic carbocycles. The predicted octanol–water partition coefficient (Wildman–Crippen LogP) is 3.03. The summed E-state index contributed by atoms with van der Waals surface area (Å²) < 4.78 is 15.9. The third kappa shape index (κ3) is 2.76. The number of Topliss-reactive ketones (excluding diaryl/α,β-unsaturated/α-hetero) is 1. The van der Waals surface area contributed by atoms with Gasteiger partial charge in [0.1, 0.15) is 18.1 Å². The first-order chi connectivity index (χ1) is 10.3. The largest absolute Gasteiger partial charge is 0.492 e. The van der Waals surface area contributed by atoms with E-state index in [1.807, 2.05) is 42.5 Å². The van der Waals surface area contributed by atoms with Gasteiger partial charge in [0, 0.05) is 7.11 Å². The van der Waals surface area contributed by atoms with Gasteiger partial charge in [-0.2, -0.15) is 0 Å². The van der Waals surface area contributed by atoms with Gasteiger partial charge in [-0.1, -0.05) is 24.3 Å². The fourth-order valence-corrected chi connectivity index (χ4v) is 2.40. The van der Waals surface area contributed by atoms with Gasteiger partial charge in [0.25, 0.3) is 0 Å². The SMILES string of the molecule is COCOc1ccc(C2COc3ccccc3C2=O)cc1. The average Bonchev–Trinajstić information content (AvgIpc) is 2.54. The molecule has 0 saturated heterocycles. The van der Waals surface area contributed by atoms with Gasteiger partial charge < -0.3 is 14.2 Å². The Morgan fingerprint density at radius 2 is 1.90 bits per heavy atom. The molecule has 4 heteroatoms. The van der Waals surface area contributed by atoms with E-state index in [0.29, 0.717) is 23.7 Å². The highest BCUT2D eigenvalue weighted by Gasteiger charge is 2.29. The van der Waals surface area contributed by atoms with Gasteiger partial charge >= 0.3 is 0 Å². The summed E-state index contributed by atoms with van der Waals surface area (Å²) in [5.74, 6) is 1.21. The quantitative estimate of drug-likeness (QED) is 0.810. The van der Waals surface area contributed by atoms with Gasteiger partial charge in [0.05, 0.1) is 11.5 Å². The number of carbonyl (C=O) groups excluding carboxylic acids is 1. The molecule has 0 aliphatic carbocycles. The Labute approximate surface area is 123 Å². The van der Waals surface area contributed by atoms with E-state index in [0.717, 1.165) is 5.56 Å². The van der Waals surface area contributed by atoms with Crippen molar-refractivity contribution in [3.05, 3.63) is 59.7 Å². The minimum absolute atomic E-state index is 0.0995. The van der Waals surface area contributed by atoms with Crippen LogP contribution in [-0.2, 0) is 4.74 Å². The fourth-order valence-electron chi connectivity index (χ4n) is 2.40. The van der Waals surface area contributed by atoms with Gasteiger partial charge in [-0.15, -0.1) is 0 Å². The van der Waals surface area contributed by atoms with E-state index in [1.165, 1.54) is 0 Å². The van der Waals surface area contributed by atoms with E-state index in [-0.39, 0.29) is 18.5 Å². The Hall–Kier alpha value is -2.33. The van der Waals surface area contributed by atoms with Gasteiger partial charge in [-0.25, -0.2) is 0 Å². The Balaban J connectivity index is 1.80. The van der Waals surface area contributed by atoms with Crippen LogP contribution in [0.1, 0.15) is 21.8 Å². The molecule has 1 aliphatic heterocycles. The Kier molecular flexibility index (Phi) is 3.88. The van der Waals surface area contributed by atoms with Gasteiger partial charge in [0.15, 0.2) is 12.6 Å². The summed E-state index contributed by atoms with van der Waals surface area (Å²) in [6.45, 7) is 0.576. The highest BCUT2D eigenvalue weighted by Crippen LogP contribution is 2.32. The van der Waals surface area contributed by atoms with Crippen molar-refractivity contribution < 1.29 is 19.0 Å². The van der Waals surface area contributed by atoms with Crippen LogP contribution in [0.25, 0.3) is 0 Å². The second kappa shape index (κ2) is 5.97. The average molecular weight is 284 g/mol. The molecule has 0 bridgehead atoms. The lowest BCUT2D eigenvalue weighted by molar-refractivity contribution is 0.0511. The number of ether oxygens (including phenoxy) is 3. The number of ketones is 1. The van der Waals surface area contributed by atoms with Crippen LogP contribution >= 0.6 is 0 Å². The van der Waals surface area contributed by atoms with Crippen LogP contribution in [0.4, 0.5) is 0 Å². The number of hydrogen-bond acceptors (Lipinski definition) is 4. The molecule has 3 rings (SSSR count). The maximum absolute atomic E-state index is 12.5. The van der Waals surface area contributed by atoms with E-state index >= 15 is 0 Å². The van der Waals surface area contributed by atoms with Crippen LogP contribution in [0.2, 0.25) is 0 Å². The molecule has 21 heavy (non-hydrogen) atoms. The van der Waals surface area contributed by atoms with Crippen molar-refractivity contribution in [2.45, 2.75) is 5.92 Å². The van der Waals surface area contributed by atoms with Crippen LogP contribution in [0.3, 0.4) is 0 Å². The number of carbonyl (C=O) groups is 1. The topological polar surface area (TPSA) is 44.8 Å². The molecule has 2 aromatic rings. The minimum atomic E-state index is -0.267. The molecule has 1 aliphatic rings. The molecule has 0 spiro atoms. The lowest BCUT2D eigenvalue weighted by atomic mass is 9.89. The highest BCUT2D eigenvalue weighted by molar-refractivity contribution is 6.04. The first-order valence-corrected chi connectivity index (χ1v) is 6.77. The van der Waals surface area contributed by atoms with Crippen molar-refractivity contribution in [2.24, 2.45) is 0 Å². The van der Waals surface area contributed by atoms with Crippen LogP contribution in [0.5, 0.6) is 11.5 Å². The zero-order valence-electron chi connectivity index (χ0n) is 11.7. The molecular formula is C17H16O4. The number of rotatable bonds is 4. The molecule has 0 radical (unpaired) electrons. The molecule has 108 valence electrons. The lowest BCUT2D eigenvalue weighted by Crippen LogP contribution is -2.25. The monoisotopic (exact) mass is 284 g/mol. The van der Waals surface area contributed by atoms with Crippen molar-refractivity contribution in [3.8, 4) is 11.5 Å². The number of hydrogen-bond donors (Lipinski definition) is 0. The molecule has 0 N–H and O–H groups in total. The van der Waals surface area contributed by atoms with Gasteiger partial charge in [-0.05, 0) is 29.8 Å². The van der Waals surface area contributed by atoms with Crippen molar-refractivity contribution in [1.29, 1.82) is 0 Å². The normalized spacial score (nSPS) is 17.0. The van der Waals surface area contributed by atoms with Crippen molar-refractivity contribution >= 4 is 5.78 Å². The first kappa shape index (κ1) is 13.6. The van der Waals surface area contributed by atoms with E-state index in [1.54, 1.807) is 13.2 Å². The molecule has 1 heterocycles. The Morgan fingerprint density at radius 3 is 2.67 bits per heavy atom. The standard InChI is InChI=1S/C17H16O4/c1-19-11-21-13-8-6-12(7-9-13)15-10-20-16-5-3-2-4-14(16)17(15)18/h2-9,15H,10-11H2,1H3. The predicted molar refractivity (Wildman–Crippen MR) is 78.0 cm³/mol. The number of fused-ring (bicyclic) bond motifs is 1. The third-order valence-corrected chi connectivity index (χ3v) is 3.50. The molecular weight excluding hydrogens is 268 g/mol. The number of methoxy groups -OCH3 is 1. The second-order valence-electron chi connectivity index (χ2n) is 4.84. The number of para-hydroxylation sites is 1. The summed E-state index contributed by atoms with van der Waals surface area (Å²) >= 11 is 0. The third-order valence-electron chi connectivity index (χ3n) is 3.50. The number of benzene rings is 2. The molecule has 1 unspecified atom stereocenters. The van der Waals surface area contributed by atoms with Crippen molar-refractivity contribution in [3.63, 3.8) is 0 Å². The summed E-state index contributed by atoms with van der Waals surface area (Å²) in [6.07, 6.45) is 0. The molecule has 0 saturated carbocycles. The summed E-state index contributed by atoms with van der Waals surface area (Å²) in [5.41, 5.74) is 1.58. The minimum Gasteiger partial charge on any atom is -0.492 e. The van der Waals surface area contributed by atoms with E-state index < -0.39 is 0 Å². The van der Waals surface area contributed by atoms with Crippen LogP contribution in [0.15, 0.2) is 48.5 Å². The molecule has 4 nitrogen and oxygen atoms in total.